The molecule has 0 bridgehead atoms. The number of benzene rings is 1. The van der Waals surface area contributed by atoms with E-state index in [1.807, 2.05) is 0 Å². The first-order chi connectivity index (χ1) is 7.06. The van der Waals surface area contributed by atoms with Crippen LogP contribution in [0.15, 0.2) is 12.1 Å². The first kappa shape index (κ1) is 11.4. The highest BCUT2D eigenvalue weighted by Crippen LogP contribution is 2.18. The van der Waals surface area contributed by atoms with Gasteiger partial charge >= 0.3 is 6.09 Å². The van der Waals surface area contributed by atoms with Crippen molar-refractivity contribution in [2.24, 2.45) is 5.73 Å². The lowest BCUT2D eigenvalue weighted by Gasteiger charge is -2.09. The van der Waals surface area contributed by atoms with E-state index >= 15 is 0 Å². The van der Waals surface area contributed by atoms with Gasteiger partial charge in [-0.2, -0.15) is 0 Å². The quantitative estimate of drug-likeness (QED) is 0.794. The van der Waals surface area contributed by atoms with Gasteiger partial charge in [0.15, 0.2) is 0 Å². The molecule has 6 heteroatoms. The number of nitrogens with two attached hydrogens (primary N) is 1. The molecule has 0 atom stereocenters. The number of ether oxygens (including phenoxy) is 1. The van der Waals surface area contributed by atoms with E-state index in [4.69, 9.17) is 5.11 Å². The lowest BCUT2D eigenvalue weighted by molar-refractivity contribution is 0.147. The normalized spacial score (nSPS) is 10.1. The number of rotatable bonds is 3. The summed E-state index contributed by atoms with van der Waals surface area (Å²) in [4.78, 5) is 10.3. The SMILES string of the molecule is NC(=O)OCc1c(F)ccc(F)c1CO. The highest BCUT2D eigenvalue weighted by molar-refractivity contribution is 5.64. The number of amides is 1. The maximum atomic E-state index is 13.2. The molecule has 0 saturated carbocycles. The molecule has 3 N–H and O–H groups in total. The Hall–Kier alpha value is -1.69. The van der Waals surface area contributed by atoms with Crippen molar-refractivity contribution in [2.45, 2.75) is 13.2 Å². The summed E-state index contributed by atoms with van der Waals surface area (Å²) in [7, 11) is 0. The predicted octanol–water partition coefficient (Wildman–Crippen LogP) is 1.05. The van der Waals surface area contributed by atoms with E-state index in [1.165, 1.54) is 0 Å². The third-order valence-electron chi connectivity index (χ3n) is 1.83. The van der Waals surface area contributed by atoms with Crippen LogP contribution in [0.3, 0.4) is 0 Å². The summed E-state index contributed by atoms with van der Waals surface area (Å²) < 4.78 is 30.5. The maximum absolute atomic E-state index is 13.2. The summed E-state index contributed by atoms with van der Waals surface area (Å²) in [5.41, 5.74) is 4.23. The number of carbonyl (C=O) groups excluding carboxylic acids is 1. The van der Waals surface area contributed by atoms with E-state index in [-0.39, 0.29) is 11.1 Å². The zero-order valence-electron chi connectivity index (χ0n) is 7.67. The Morgan fingerprint density at radius 1 is 1.33 bits per heavy atom. The molecule has 0 aliphatic heterocycles. The third-order valence-corrected chi connectivity index (χ3v) is 1.83. The van der Waals surface area contributed by atoms with Crippen LogP contribution in [0, 0.1) is 11.6 Å². The van der Waals surface area contributed by atoms with Crippen LogP contribution in [0.2, 0.25) is 0 Å². The molecule has 15 heavy (non-hydrogen) atoms. The van der Waals surface area contributed by atoms with E-state index < -0.39 is 30.9 Å². The van der Waals surface area contributed by atoms with Gasteiger partial charge in [0.25, 0.3) is 0 Å². The van der Waals surface area contributed by atoms with Gasteiger partial charge in [0, 0.05) is 11.1 Å². The molecule has 0 aliphatic rings. The van der Waals surface area contributed by atoms with Crippen LogP contribution in [-0.4, -0.2) is 11.2 Å². The second kappa shape index (κ2) is 4.70. The third kappa shape index (κ3) is 2.63. The van der Waals surface area contributed by atoms with Crippen LogP contribution in [0.25, 0.3) is 0 Å². The number of aliphatic hydroxyl groups is 1. The number of hydrogen-bond acceptors (Lipinski definition) is 3. The van der Waals surface area contributed by atoms with Gasteiger partial charge in [0.05, 0.1) is 6.61 Å². The van der Waals surface area contributed by atoms with Gasteiger partial charge in [-0.15, -0.1) is 0 Å². The van der Waals surface area contributed by atoms with Gasteiger partial charge < -0.3 is 15.6 Å². The van der Waals surface area contributed by atoms with Crippen molar-refractivity contribution in [3.63, 3.8) is 0 Å². The Bertz CT molecular complexity index is 382. The highest BCUT2D eigenvalue weighted by Gasteiger charge is 2.14. The van der Waals surface area contributed by atoms with Gasteiger partial charge in [-0.05, 0) is 12.1 Å². The van der Waals surface area contributed by atoms with Crippen molar-refractivity contribution in [1.82, 2.24) is 0 Å². The summed E-state index contributed by atoms with van der Waals surface area (Å²) in [6.07, 6.45) is -1.09. The van der Waals surface area contributed by atoms with Crippen molar-refractivity contribution >= 4 is 6.09 Å². The minimum absolute atomic E-state index is 0.212. The van der Waals surface area contributed by atoms with Crippen LogP contribution in [0.5, 0.6) is 0 Å². The van der Waals surface area contributed by atoms with Crippen molar-refractivity contribution in [3.8, 4) is 0 Å². The minimum Gasteiger partial charge on any atom is -0.445 e. The Labute approximate surface area is 84.3 Å². The summed E-state index contributed by atoms with van der Waals surface area (Å²) in [5.74, 6) is -1.52. The van der Waals surface area contributed by atoms with Gasteiger partial charge in [0.1, 0.15) is 18.2 Å². The summed E-state index contributed by atoms with van der Waals surface area (Å²) >= 11 is 0. The summed E-state index contributed by atoms with van der Waals surface area (Å²) in [5, 5.41) is 8.81. The number of hydrogen-bond donors (Lipinski definition) is 2. The average molecular weight is 217 g/mol. The van der Waals surface area contributed by atoms with E-state index in [0.29, 0.717) is 0 Å². The second-order valence-corrected chi connectivity index (χ2v) is 2.75. The molecule has 0 radical (unpaired) electrons. The van der Waals surface area contributed by atoms with E-state index in [0.717, 1.165) is 12.1 Å². The van der Waals surface area contributed by atoms with Gasteiger partial charge in [-0.3, -0.25) is 0 Å². The van der Waals surface area contributed by atoms with E-state index in [9.17, 15) is 13.6 Å². The van der Waals surface area contributed by atoms with Crippen molar-refractivity contribution in [3.05, 3.63) is 34.9 Å². The number of halogens is 2. The molecule has 0 saturated heterocycles. The molecule has 0 heterocycles. The molecule has 0 aromatic heterocycles. The molecule has 1 amide bonds. The van der Waals surface area contributed by atoms with Crippen LogP contribution in [-0.2, 0) is 18.0 Å². The van der Waals surface area contributed by atoms with Crippen LogP contribution >= 0.6 is 0 Å². The molecule has 0 aliphatic carbocycles. The maximum Gasteiger partial charge on any atom is 0.404 e. The fraction of sp³-hybridized carbons (Fsp3) is 0.222. The molecular weight excluding hydrogens is 208 g/mol. The Kier molecular flexibility index (Phi) is 3.56. The van der Waals surface area contributed by atoms with E-state index in [1.54, 1.807) is 0 Å². The molecular formula is C9H9F2NO3. The lowest BCUT2D eigenvalue weighted by atomic mass is 10.1. The fourth-order valence-electron chi connectivity index (χ4n) is 1.11. The molecule has 0 fully saturated rings. The zero-order valence-corrected chi connectivity index (χ0v) is 7.67. The van der Waals surface area contributed by atoms with Crippen molar-refractivity contribution in [1.29, 1.82) is 0 Å². The average Bonchev–Trinajstić information content (AvgIpc) is 2.19. The Morgan fingerprint density at radius 2 is 1.87 bits per heavy atom. The number of aliphatic hydroxyl groups excluding tert-OH is 1. The molecule has 1 aromatic carbocycles. The smallest absolute Gasteiger partial charge is 0.404 e. The van der Waals surface area contributed by atoms with Gasteiger partial charge in [-0.1, -0.05) is 0 Å². The summed E-state index contributed by atoms with van der Waals surface area (Å²) in [6, 6.07) is 1.77. The van der Waals surface area contributed by atoms with Gasteiger partial charge in [-0.25, -0.2) is 13.6 Å². The first-order valence-corrected chi connectivity index (χ1v) is 4.05. The first-order valence-electron chi connectivity index (χ1n) is 4.05. The number of carbonyl (C=O) groups is 1. The minimum atomic E-state index is -1.09. The van der Waals surface area contributed by atoms with Crippen LogP contribution in [0.4, 0.5) is 13.6 Å². The Morgan fingerprint density at radius 3 is 2.33 bits per heavy atom. The predicted molar refractivity (Wildman–Crippen MR) is 46.7 cm³/mol. The van der Waals surface area contributed by atoms with Crippen LogP contribution in [0.1, 0.15) is 11.1 Å². The number of primary amides is 1. The van der Waals surface area contributed by atoms with Gasteiger partial charge in [0.2, 0.25) is 0 Å². The Balaban J connectivity index is 3.02. The van der Waals surface area contributed by atoms with Crippen molar-refractivity contribution < 1.29 is 23.4 Å². The topological polar surface area (TPSA) is 72.6 Å². The standard InChI is InChI=1S/C9H9F2NO3/c10-7-1-2-8(11)6(5(7)3-13)4-15-9(12)14/h1-2,13H,3-4H2,(H2,12,14). The lowest BCUT2D eigenvalue weighted by Crippen LogP contribution is -2.14. The molecule has 4 nitrogen and oxygen atoms in total. The fourth-order valence-corrected chi connectivity index (χ4v) is 1.11. The zero-order chi connectivity index (χ0) is 11.4. The van der Waals surface area contributed by atoms with Crippen LogP contribution < -0.4 is 5.73 Å². The molecule has 1 rings (SSSR count). The van der Waals surface area contributed by atoms with Crippen molar-refractivity contribution in [2.75, 3.05) is 0 Å². The highest BCUT2D eigenvalue weighted by atomic mass is 19.1. The van der Waals surface area contributed by atoms with E-state index in [2.05, 4.69) is 10.5 Å². The molecule has 1 aromatic rings. The second-order valence-electron chi connectivity index (χ2n) is 2.75. The monoisotopic (exact) mass is 217 g/mol. The molecule has 82 valence electrons. The summed E-state index contributed by atoms with van der Waals surface area (Å²) in [6.45, 7) is -1.18. The largest absolute Gasteiger partial charge is 0.445 e. The molecule has 0 unspecified atom stereocenters. The molecule has 0 spiro atoms.